The van der Waals surface area contributed by atoms with Crippen LogP contribution in [0.2, 0.25) is 0 Å². The fourth-order valence-corrected chi connectivity index (χ4v) is 3.28. The van der Waals surface area contributed by atoms with Crippen LogP contribution in [0.5, 0.6) is 5.75 Å². The van der Waals surface area contributed by atoms with Crippen LogP contribution in [0.1, 0.15) is 17.5 Å². The first-order valence-electron chi connectivity index (χ1n) is 8.90. The molecule has 1 heterocycles. The van der Waals surface area contributed by atoms with E-state index in [0.717, 1.165) is 31.5 Å². The fourth-order valence-electron chi connectivity index (χ4n) is 3.28. The fraction of sp³-hybridized carbons (Fsp3) is 0.333. The van der Waals surface area contributed by atoms with Crippen LogP contribution in [0, 0.1) is 17.2 Å². The molecule has 2 aromatic rings. The van der Waals surface area contributed by atoms with Crippen molar-refractivity contribution in [2.45, 2.75) is 19.4 Å². The summed E-state index contributed by atoms with van der Waals surface area (Å²) < 4.78 is 5.29. The predicted octanol–water partition coefficient (Wildman–Crippen LogP) is 3.36. The Bertz CT molecular complexity index is 770. The third-order valence-corrected chi connectivity index (χ3v) is 4.59. The van der Waals surface area contributed by atoms with Crippen LogP contribution in [0.25, 0.3) is 0 Å². The van der Waals surface area contributed by atoms with Crippen molar-refractivity contribution in [1.29, 1.82) is 5.26 Å². The molecule has 0 spiro atoms. The van der Waals surface area contributed by atoms with Crippen molar-refractivity contribution in [3.63, 3.8) is 0 Å². The molecule has 2 amide bonds. The van der Waals surface area contributed by atoms with Crippen LogP contribution in [0.15, 0.2) is 54.6 Å². The highest BCUT2D eigenvalue weighted by Gasteiger charge is 2.26. The van der Waals surface area contributed by atoms with Crippen LogP contribution < -0.4 is 10.1 Å². The van der Waals surface area contributed by atoms with Crippen LogP contribution in [-0.4, -0.2) is 30.6 Å². The van der Waals surface area contributed by atoms with E-state index in [4.69, 9.17) is 10.00 Å². The maximum Gasteiger partial charge on any atom is 0.317 e. The predicted molar refractivity (Wildman–Crippen MR) is 99.6 cm³/mol. The number of hydrogen-bond donors (Lipinski definition) is 1. The molecule has 0 unspecified atom stereocenters. The van der Waals surface area contributed by atoms with Crippen molar-refractivity contribution < 1.29 is 9.53 Å². The van der Waals surface area contributed by atoms with Gasteiger partial charge in [-0.3, -0.25) is 0 Å². The summed E-state index contributed by atoms with van der Waals surface area (Å²) in [7, 11) is 0. The van der Waals surface area contributed by atoms with Gasteiger partial charge >= 0.3 is 6.03 Å². The van der Waals surface area contributed by atoms with Crippen LogP contribution in [0.4, 0.5) is 4.79 Å². The number of ether oxygens (including phenoxy) is 1. The SMILES string of the molecule is N#CCOc1cccc(CNC(=O)N2CC[C@@H](Cc3ccccc3)C2)c1. The summed E-state index contributed by atoms with van der Waals surface area (Å²) in [5.41, 5.74) is 2.28. The van der Waals surface area contributed by atoms with E-state index >= 15 is 0 Å². The maximum atomic E-state index is 12.4. The highest BCUT2D eigenvalue weighted by Crippen LogP contribution is 2.21. The zero-order valence-electron chi connectivity index (χ0n) is 14.7. The Labute approximate surface area is 154 Å². The minimum Gasteiger partial charge on any atom is -0.479 e. The van der Waals surface area contributed by atoms with Gasteiger partial charge in [0.25, 0.3) is 0 Å². The van der Waals surface area contributed by atoms with Gasteiger partial charge in [-0.2, -0.15) is 5.26 Å². The summed E-state index contributed by atoms with van der Waals surface area (Å²) >= 11 is 0. The van der Waals surface area contributed by atoms with Gasteiger partial charge in [0.15, 0.2) is 6.61 Å². The lowest BCUT2D eigenvalue weighted by atomic mass is 9.99. The summed E-state index contributed by atoms with van der Waals surface area (Å²) in [5, 5.41) is 11.5. The number of carbonyl (C=O) groups excluding carboxylic acids is 1. The van der Waals surface area contributed by atoms with Crippen LogP contribution in [-0.2, 0) is 13.0 Å². The summed E-state index contributed by atoms with van der Waals surface area (Å²) in [6.07, 6.45) is 2.06. The number of rotatable bonds is 6. The Kier molecular flexibility index (Phi) is 6.10. The van der Waals surface area contributed by atoms with Gasteiger partial charge in [0.2, 0.25) is 0 Å². The van der Waals surface area contributed by atoms with Crippen molar-refractivity contribution in [2.75, 3.05) is 19.7 Å². The molecule has 5 nitrogen and oxygen atoms in total. The second-order valence-corrected chi connectivity index (χ2v) is 6.54. The van der Waals surface area contributed by atoms with Gasteiger partial charge < -0.3 is 15.0 Å². The zero-order valence-corrected chi connectivity index (χ0v) is 14.7. The second-order valence-electron chi connectivity index (χ2n) is 6.54. The van der Waals surface area contributed by atoms with E-state index in [1.807, 2.05) is 35.2 Å². The van der Waals surface area contributed by atoms with E-state index in [-0.39, 0.29) is 12.6 Å². The quantitative estimate of drug-likeness (QED) is 0.870. The number of carbonyl (C=O) groups is 1. The summed E-state index contributed by atoms with van der Waals surface area (Å²) in [6, 6.07) is 19.8. The van der Waals surface area contributed by atoms with E-state index in [0.29, 0.717) is 18.2 Å². The van der Waals surface area contributed by atoms with Gasteiger partial charge in [0.05, 0.1) is 0 Å². The second kappa shape index (κ2) is 8.91. The molecule has 1 fully saturated rings. The van der Waals surface area contributed by atoms with E-state index in [1.54, 1.807) is 6.07 Å². The summed E-state index contributed by atoms with van der Waals surface area (Å²) in [4.78, 5) is 14.3. The Morgan fingerprint density at radius 3 is 2.81 bits per heavy atom. The molecule has 134 valence electrons. The maximum absolute atomic E-state index is 12.4. The molecule has 1 aliphatic rings. The van der Waals surface area contributed by atoms with Gasteiger partial charge in [-0.25, -0.2) is 4.79 Å². The van der Waals surface area contributed by atoms with Crippen LogP contribution in [0.3, 0.4) is 0 Å². The summed E-state index contributed by atoms with van der Waals surface area (Å²) in [6.45, 7) is 2.07. The van der Waals surface area contributed by atoms with E-state index in [1.165, 1.54) is 5.56 Å². The number of nitriles is 1. The van der Waals surface area contributed by atoms with Crippen molar-refractivity contribution in [1.82, 2.24) is 10.2 Å². The van der Waals surface area contributed by atoms with E-state index < -0.39 is 0 Å². The molecule has 0 bridgehead atoms. The molecule has 1 atom stereocenters. The molecule has 2 aromatic carbocycles. The molecule has 3 rings (SSSR count). The third kappa shape index (κ3) is 5.00. The van der Waals surface area contributed by atoms with Gasteiger partial charge in [-0.15, -0.1) is 0 Å². The lowest BCUT2D eigenvalue weighted by molar-refractivity contribution is 0.206. The normalized spacial score (nSPS) is 16.1. The zero-order chi connectivity index (χ0) is 18.2. The molecule has 1 N–H and O–H groups in total. The molecule has 26 heavy (non-hydrogen) atoms. The molecular formula is C21H23N3O2. The molecule has 1 saturated heterocycles. The largest absolute Gasteiger partial charge is 0.479 e. The van der Waals surface area contributed by atoms with E-state index in [2.05, 4.69) is 29.6 Å². The van der Waals surface area contributed by atoms with Crippen molar-refractivity contribution in [3.05, 3.63) is 65.7 Å². The van der Waals surface area contributed by atoms with Crippen molar-refractivity contribution in [3.8, 4) is 11.8 Å². The smallest absolute Gasteiger partial charge is 0.317 e. The first-order chi connectivity index (χ1) is 12.7. The Balaban J connectivity index is 1.46. The average molecular weight is 349 g/mol. The number of likely N-dealkylation sites (tertiary alicyclic amines) is 1. The van der Waals surface area contributed by atoms with Crippen molar-refractivity contribution >= 4 is 6.03 Å². The molecule has 0 aromatic heterocycles. The topological polar surface area (TPSA) is 65.4 Å². The van der Waals surface area contributed by atoms with Gasteiger partial charge in [0, 0.05) is 19.6 Å². The molecule has 0 saturated carbocycles. The molecular weight excluding hydrogens is 326 g/mol. The minimum absolute atomic E-state index is 0.0202. The molecule has 1 aliphatic heterocycles. The highest BCUT2D eigenvalue weighted by atomic mass is 16.5. The minimum atomic E-state index is -0.0242. The van der Waals surface area contributed by atoms with Gasteiger partial charge in [-0.05, 0) is 42.0 Å². The number of nitrogens with zero attached hydrogens (tertiary/aromatic N) is 2. The monoisotopic (exact) mass is 349 g/mol. The lowest BCUT2D eigenvalue weighted by Crippen LogP contribution is -2.38. The Morgan fingerprint density at radius 2 is 2.00 bits per heavy atom. The number of benzene rings is 2. The Morgan fingerprint density at radius 1 is 1.19 bits per heavy atom. The number of amides is 2. The Hall–Kier alpha value is -3.00. The van der Waals surface area contributed by atoms with Crippen molar-refractivity contribution in [2.24, 2.45) is 5.92 Å². The van der Waals surface area contributed by atoms with Gasteiger partial charge in [-0.1, -0.05) is 42.5 Å². The van der Waals surface area contributed by atoms with E-state index in [9.17, 15) is 4.79 Å². The molecule has 0 aliphatic carbocycles. The molecule has 5 heteroatoms. The summed E-state index contributed by atoms with van der Waals surface area (Å²) in [5.74, 6) is 1.16. The highest BCUT2D eigenvalue weighted by molar-refractivity contribution is 5.74. The standard InChI is InChI=1S/C21H23N3O2/c22-10-12-26-20-8-4-7-18(14-20)15-23-21(25)24-11-9-19(16-24)13-17-5-2-1-3-6-17/h1-8,14,19H,9,11-13,15-16H2,(H,23,25)/t19-/m0/s1. The number of urea groups is 1. The average Bonchev–Trinajstić information content (AvgIpc) is 3.14. The lowest BCUT2D eigenvalue weighted by Gasteiger charge is -2.18. The first-order valence-corrected chi connectivity index (χ1v) is 8.90. The number of nitrogens with one attached hydrogen (secondary N) is 1. The molecule has 0 radical (unpaired) electrons. The third-order valence-electron chi connectivity index (χ3n) is 4.59. The van der Waals surface area contributed by atoms with Crippen LogP contribution >= 0.6 is 0 Å². The number of hydrogen-bond acceptors (Lipinski definition) is 3. The first kappa shape index (κ1) is 17.8. The van der Waals surface area contributed by atoms with Gasteiger partial charge in [0.1, 0.15) is 11.8 Å².